The highest BCUT2D eigenvalue weighted by molar-refractivity contribution is 7.99. The van der Waals surface area contributed by atoms with Gasteiger partial charge in [-0.3, -0.25) is 0 Å². The maximum Gasteiger partial charge on any atom is 0.416 e. The molecule has 0 unspecified atom stereocenters. The molecule has 0 bridgehead atoms. The zero-order chi connectivity index (χ0) is 16.0. The summed E-state index contributed by atoms with van der Waals surface area (Å²) < 4.78 is 39.7. The van der Waals surface area contributed by atoms with Crippen molar-refractivity contribution in [3.05, 3.63) is 53.1 Å². The van der Waals surface area contributed by atoms with Crippen molar-refractivity contribution < 1.29 is 13.2 Å². The van der Waals surface area contributed by atoms with Crippen molar-refractivity contribution in [2.75, 3.05) is 18.4 Å². The molecule has 0 amide bonds. The molecule has 2 N–H and O–H groups in total. The Hall–Kier alpha value is -1.66. The van der Waals surface area contributed by atoms with Gasteiger partial charge in [0.1, 0.15) is 0 Å². The lowest BCUT2D eigenvalue weighted by molar-refractivity contribution is -0.137. The average Bonchev–Trinajstić information content (AvgIpc) is 2.47. The largest absolute Gasteiger partial charge is 0.416 e. The van der Waals surface area contributed by atoms with Crippen molar-refractivity contribution in [1.29, 1.82) is 0 Å². The summed E-state index contributed by atoms with van der Waals surface area (Å²) in [6, 6.07) is 10.6. The highest BCUT2D eigenvalue weighted by atomic mass is 32.2. The fraction of sp³-hybridized carbons (Fsp3) is 0.294. The lowest BCUT2D eigenvalue weighted by Gasteiger charge is -2.32. The lowest BCUT2D eigenvalue weighted by atomic mass is 9.99. The van der Waals surface area contributed by atoms with E-state index in [1.54, 1.807) is 0 Å². The molecule has 0 spiro atoms. The Bertz CT molecular complexity index is 754. The minimum absolute atomic E-state index is 0.199. The molecule has 2 aliphatic rings. The Balaban J connectivity index is 1.78. The summed E-state index contributed by atoms with van der Waals surface area (Å²) in [7, 11) is 0. The van der Waals surface area contributed by atoms with Crippen LogP contribution in [-0.4, -0.2) is 19.1 Å². The first-order valence-electron chi connectivity index (χ1n) is 7.48. The SMILES string of the molecule is FC(F)(F)c1cc(NC2CNC2)c2c(c1)Sc1ccccc1C2. The molecule has 0 aromatic heterocycles. The van der Waals surface area contributed by atoms with E-state index in [9.17, 15) is 13.2 Å². The molecule has 0 atom stereocenters. The van der Waals surface area contributed by atoms with Crippen LogP contribution in [0.25, 0.3) is 0 Å². The van der Waals surface area contributed by atoms with Gasteiger partial charge in [0.05, 0.1) is 11.6 Å². The van der Waals surface area contributed by atoms with Crippen molar-refractivity contribution in [3.8, 4) is 0 Å². The van der Waals surface area contributed by atoms with E-state index in [4.69, 9.17) is 0 Å². The Labute approximate surface area is 136 Å². The van der Waals surface area contributed by atoms with Crippen LogP contribution in [0.1, 0.15) is 16.7 Å². The van der Waals surface area contributed by atoms with Crippen molar-refractivity contribution in [3.63, 3.8) is 0 Å². The number of halogens is 3. The second-order valence-corrected chi connectivity index (χ2v) is 6.97. The van der Waals surface area contributed by atoms with Crippen molar-refractivity contribution in [2.45, 2.75) is 28.4 Å². The zero-order valence-corrected chi connectivity index (χ0v) is 13.0. The van der Waals surface area contributed by atoms with Crippen LogP contribution in [0, 0.1) is 0 Å². The maximum absolute atomic E-state index is 13.2. The second-order valence-electron chi connectivity index (χ2n) is 5.88. The number of anilines is 1. The Morgan fingerprint density at radius 3 is 2.57 bits per heavy atom. The Kier molecular flexibility index (Phi) is 3.54. The molecule has 4 rings (SSSR count). The van der Waals surface area contributed by atoms with E-state index in [1.165, 1.54) is 29.5 Å². The molecular weight excluding hydrogens is 321 g/mol. The van der Waals surface area contributed by atoms with Gasteiger partial charge in [-0.15, -0.1) is 0 Å². The molecule has 2 aromatic carbocycles. The van der Waals surface area contributed by atoms with Gasteiger partial charge in [-0.25, -0.2) is 0 Å². The molecule has 6 heteroatoms. The van der Waals surface area contributed by atoms with Crippen LogP contribution in [0.2, 0.25) is 0 Å². The monoisotopic (exact) mass is 336 g/mol. The summed E-state index contributed by atoms with van der Waals surface area (Å²) in [4.78, 5) is 1.74. The molecule has 2 aromatic rings. The fourth-order valence-corrected chi connectivity index (χ4v) is 4.03. The van der Waals surface area contributed by atoms with Gasteiger partial charge in [0.15, 0.2) is 0 Å². The highest BCUT2D eigenvalue weighted by Gasteiger charge is 2.33. The maximum atomic E-state index is 13.2. The molecule has 2 nitrogen and oxygen atoms in total. The molecule has 1 saturated heterocycles. The predicted molar refractivity (Wildman–Crippen MR) is 85.1 cm³/mol. The molecule has 2 heterocycles. The average molecular weight is 336 g/mol. The van der Waals surface area contributed by atoms with Gasteiger partial charge in [0, 0.05) is 35.0 Å². The van der Waals surface area contributed by atoms with Gasteiger partial charge in [-0.2, -0.15) is 13.2 Å². The van der Waals surface area contributed by atoms with Gasteiger partial charge in [-0.1, -0.05) is 30.0 Å². The summed E-state index contributed by atoms with van der Waals surface area (Å²) in [5.41, 5.74) is 2.16. The zero-order valence-electron chi connectivity index (χ0n) is 12.2. The van der Waals surface area contributed by atoms with E-state index in [0.29, 0.717) is 17.0 Å². The van der Waals surface area contributed by atoms with E-state index in [1.807, 2.05) is 24.3 Å². The van der Waals surface area contributed by atoms with Crippen molar-refractivity contribution >= 4 is 17.4 Å². The minimum Gasteiger partial charge on any atom is -0.379 e. The third-order valence-electron chi connectivity index (χ3n) is 4.24. The van der Waals surface area contributed by atoms with Crippen molar-refractivity contribution in [1.82, 2.24) is 5.32 Å². The van der Waals surface area contributed by atoms with E-state index >= 15 is 0 Å². The quantitative estimate of drug-likeness (QED) is 0.735. The summed E-state index contributed by atoms with van der Waals surface area (Å²) in [5, 5.41) is 6.41. The van der Waals surface area contributed by atoms with E-state index in [0.717, 1.165) is 23.5 Å². The molecule has 23 heavy (non-hydrogen) atoms. The summed E-state index contributed by atoms with van der Waals surface area (Å²) in [5.74, 6) is 0. The number of benzene rings is 2. The van der Waals surface area contributed by atoms with Gasteiger partial charge in [0.2, 0.25) is 0 Å². The number of nitrogens with one attached hydrogen (secondary N) is 2. The second kappa shape index (κ2) is 5.46. The third kappa shape index (κ3) is 2.81. The van der Waals surface area contributed by atoms with Crippen LogP contribution in [0.5, 0.6) is 0 Å². The summed E-state index contributed by atoms with van der Waals surface area (Å²) >= 11 is 1.42. The van der Waals surface area contributed by atoms with Crippen LogP contribution in [0.15, 0.2) is 46.2 Å². The molecule has 2 aliphatic heterocycles. The van der Waals surface area contributed by atoms with Gasteiger partial charge >= 0.3 is 6.18 Å². The first-order chi connectivity index (χ1) is 11.0. The van der Waals surface area contributed by atoms with Crippen LogP contribution < -0.4 is 10.6 Å². The predicted octanol–water partition coefficient (Wildman–Crippen LogP) is 4.14. The van der Waals surface area contributed by atoms with Gasteiger partial charge in [0.25, 0.3) is 0 Å². The fourth-order valence-electron chi connectivity index (χ4n) is 2.88. The molecule has 120 valence electrons. The number of rotatable bonds is 2. The third-order valence-corrected chi connectivity index (χ3v) is 5.44. The number of fused-ring (bicyclic) bond motifs is 2. The summed E-state index contributed by atoms with van der Waals surface area (Å²) in [6.45, 7) is 1.57. The normalized spacial score (nSPS) is 17.2. The first-order valence-corrected chi connectivity index (χ1v) is 8.29. The van der Waals surface area contributed by atoms with Crippen LogP contribution in [0.4, 0.5) is 18.9 Å². The minimum atomic E-state index is -4.33. The standard InChI is InChI=1S/C17H15F3N2S/c18-17(19,20)11-6-14(22-12-8-21-9-12)13-5-10-3-1-2-4-15(10)23-16(13)7-11/h1-4,6-7,12,21-22H,5,8-9H2. The van der Waals surface area contributed by atoms with Crippen LogP contribution >= 0.6 is 11.8 Å². The molecule has 1 fully saturated rings. The topological polar surface area (TPSA) is 24.1 Å². The molecular formula is C17H15F3N2S. The van der Waals surface area contributed by atoms with E-state index in [-0.39, 0.29) is 6.04 Å². The van der Waals surface area contributed by atoms with Crippen LogP contribution in [-0.2, 0) is 12.6 Å². The van der Waals surface area contributed by atoms with Crippen LogP contribution in [0.3, 0.4) is 0 Å². The van der Waals surface area contributed by atoms with Gasteiger partial charge in [-0.05, 0) is 29.3 Å². The van der Waals surface area contributed by atoms with Crippen molar-refractivity contribution in [2.24, 2.45) is 0 Å². The molecule has 0 aliphatic carbocycles. The number of hydrogen-bond acceptors (Lipinski definition) is 3. The smallest absolute Gasteiger partial charge is 0.379 e. The lowest BCUT2D eigenvalue weighted by Crippen LogP contribution is -2.51. The molecule has 0 radical (unpaired) electrons. The van der Waals surface area contributed by atoms with E-state index < -0.39 is 11.7 Å². The Morgan fingerprint density at radius 1 is 1.09 bits per heavy atom. The Morgan fingerprint density at radius 2 is 1.87 bits per heavy atom. The molecule has 0 saturated carbocycles. The summed E-state index contributed by atoms with van der Waals surface area (Å²) in [6.07, 6.45) is -3.67. The number of alkyl halides is 3. The van der Waals surface area contributed by atoms with E-state index in [2.05, 4.69) is 10.6 Å². The van der Waals surface area contributed by atoms with Gasteiger partial charge < -0.3 is 10.6 Å². The highest BCUT2D eigenvalue weighted by Crippen LogP contribution is 2.45. The number of hydrogen-bond donors (Lipinski definition) is 2. The first kappa shape index (κ1) is 14.9.